The average molecular weight is 350 g/mol. The minimum absolute atomic E-state index is 0.253. The Morgan fingerprint density at radius 3 is 2.28 bits per heavy atom. The van der Waals surface area contributed by atoms with Crippen molar-refractivity contribution in [1.82, 2.24) is 14.9 Å². The fourth-order valence-corrected chi connectivity index (χ4v) is 2.41. The van der Waals surface area contributed by atoms with E-state index >= 15 is 0 Å². The first-order chi connectivity index (χ1) is 11.7. The van der Waals surface area contributed by atoms with Crippen LogP contribution in [-0.2, 0) is 9.57 Å². The third kappa shape index (κ3) is 5.06. The summed E-state index contributed by atoms with van der Waals surface area (Å²) in [6.07, 6.45) is 1.25. The van der Waals surface area contributed by atoms with Crippen LogP contribution < -0.4 is 4.90 Å². The molecule has 1 fully saturated rings. The van der Waals surface area contributed by atoms with E-state index in [0.717, 1.165) is 10.9 Å². The third-order valence-corrected chi connectivity index (χ3v) is 3.81. The number of piperazine rings is 1. The van der Waals surface area contributed by atoms with Crippen LogP contribution in [0.15, 0.2) is 18.3 Å². The minimum atomic E-state index is -0.493. The van der Waals surface area contributed by atoms with Gasteiger partial charge in [0, 0.05) is 39.4 Å². The minimum Gasteiger partial charge on any atom is -0.444 e. The van der Waals surface area contributed by atoms with Crippen LogP contribution in [0.4, 0.5) is 10.6 Å². The zero-order valence-corrected chi connectivity index (χ0v) is 15.5. The highest BCUT2D eigenvalue weighted by atomic mass is 16.7. The maximum atomic E-state index is 12.1. The molecule has 2 rings (SSSR count). The Morgan fingerprint density at radius 2 is 1.80 bits per heavy atom. The number of hydroxylamine groups is 2. The first-order valence-corrected chi connectivity index (χ1v) is 8.22. The number of hydrogen-bond donors (Lipinski definition) is 0. The van der Waals surface area contributed by atoms with Gasteiger partial charge in [0.05, 0.1) is 12.7 Å². The number of nitrogens with zero attached hydrogens (tertiary/aromatic N) is 4. The van der Waals surface area contributed by atoms with E-state index in [1.54, 1.807) is 24.1 Å². The van der Waals surface area contributed by atoms with Gasteiger partial charge >= 0.3 is 6.09 Å². The van der Waals surface area contributed by atoms with E-state index in [9.17, 15) is 9.59 Å². The molecule has 0 spiro atoms. The lowest BCUT2D eigenvalue weighted by Crippen LogP contribution is -2.50. The van der Waals surface area contributed by atoms with Crippen LogP contribution in [-0.4, -0.2) is 72.9 Å². The molecule has 0 aromatic carbocycles. The lowest BCUT2D eigenvalue weighted by Gasteiger charge is -2.36. The van der Waals surface area contributed by atoms with Gasteiger partial charge in [0.15, 0.2) is 0 Å². The number of carbonyl (C=O) groups excluding carboxylic acids is 2. The highest BCUT2D eigenvalue weighted by Crippen LogP contribution is 2.17. The molecule has 1 aromatic rings. The van der Waals surface area contributed by atoms with Gasteiger partial charge in [-0.1, -0.05) is 0 Å². The Hall–Kier alpha value is -2.35. The van der Waals surface area contributed by atoms with E-state index in [2.05, 4.69) is 9.88 Å². The van der Waals surface area contributed by atoms with E-state index in [4.69, 9.17) is 9.57 Å². The molecular weight excluding hydrogens is 324 g/mol. The molecule has 1 aliphatic rings. The quantitative estimate of drug-likeness (QED) is 0.774. The fraction of sp³-hybridized carbons (Fsp3) is 0.588. The van der Waals surface area contributed by atoms with Crippen molar-refractivity contribution in [3.8, 4) is 0 Å². The first kappa shape index (κ1) is 19.0. The Bertz CT molecular complexity index is 604. The van der Waals surface area contributed by atoms with Crippen molar-refractivity contribution in [2.24, 2.45) is 0 Å². The summed E-state index contributed by atoms with van der Waals surface area (Å²) in [5, 5.41) is 1.15. The van der Waals surface area contributed by atoms with E-state index in [-0.39, 0.29) is 12.0 Å². The van der Waals surface area contributed by atoms with Gasteiger partial charge < -0.3 is 14.5 Å². The number of ether oxygens (including phenoxy) is 1. The van der Waals surface area contributed by atoms with E-state index < -0.39 is 5.60 Å². The lowest BCUT2D eigenvalue weighted by atomic mass is 10.2. The van der Waals surface area contributed by atoms with Gasteiger partial charge in [-0.05, 0) is 32.9 Å². The van der Waals surface area contributed by atoms with Gasteiger partial charge in [-0.15, -0.1) is 0 Å². The second-order valence-electron chi connectivity index (χ2n) is 6.84. The molecule has 0 bridgehead atoms. The molecule has 0 saturated carbocycles. The Kier molecular flexibility index (Phi) is 5.84. The van der Waals surface area contributed by atoms with E-state index in [0.29, 0.717) is 31.7 Å². The first-order valence-electron chi connectivity index (χ1n) is 8.22. The predicted octanol–water partition coefficient (Wildman–Crippen LogP) is 1.77. The Balaban J connectivity index is 1.92. The topological polar surface area (TPSA) is 75.2 Å². The highest BCUT2D eigenvalue weighted by Gasteiger charge is 2.26. The number of carbonyl (C=O) groups is 2. The van der Waals surface area contributed by atoms with Crippen molar-refractivity contribution >= 4 is 17.8 Å². The van der Waals surface area contributed by atoms with Gasteiger partial charge in [-0.25, -0.2) is 14.8 Å². The summed E-state index contributed by atoms with van der Waals surface area (Å²) in [4.78, 5) is 37.1. The second kappa shape index (κ2) is 7.69. The van der Waals surface area contributed by atoms with Crippen molar-refractivity contribution in [3.63, 3.8) is 0 Å². The monoisotopic (exact) mass is 350 g/mol. The molecule has 25 heavy (non-hydrogen) atoms. The molecule has 1 saturated heterocycles. The molecule has 0 radical (unpaired) electrons. The van der Waals surface area contributed by atoms with Crippen LogP contribution in [0.3, 0.4) is 0 Å². The molecule has 8 nitrogen and oxygen atoms in total. The molecular formula is C17H26N4O4. The van der Waals surface area contributed by atoms with Crippen molar-refractivity contribution in [2.45, 2.75) is 26.4 Å². The molecule has 138 valence electrons. The number of pyridine rings is 1. The van der Waals surface area contributed by atoms with E-state index in [1.165, 1.54) is 13.3 Å². The summed E-state index contributed by atoms with van der Waals surface area (Å²) < 4.78 is 5.39. The van der Waals surface area contributed by atoms with Crippen molar-refractivity contribution in [3.05, 3.63) is 23.9 Å². The summed E-state index contributed by atoms with van der Waals surface area (Å²) in [6.45, 7) is 8.04. The van der Waals surface area contributed by atoms with Crippen LogP contribution in [0.2, 0.25) is 0 Å². The molecule has 8 heteroatoms. The largest absolute Gasteiger partial charge is 0.444 e. The summed E-state index contributed by atoms with van der Waals surface area (Å²) >= 11 is 0. The van der Waals surface area contributed by atoms with Crippen LogP contribution in [0.1, 0.15) is 31.1 Å². The van der Waals surface area contributed by atoms with Gasteiger partial charge in [-0.2, -0.15) is 0 Å². The number of aromatic nitrogens is 1. The normalized spacial score (nSPS) is 15.1. The smallest absolute Gasteiger partial charge is 0.410 e. The molecule has 0 N–H and O–H groups in total. The van der Waals surface area contributed by atoms with Crippen LogP contribution in [0.5, 0.6) is 0 Å². The predicted molar refractivity (Wildman–Crippen MR) is 93.4 cm³/mol. The number of hydrogen-bond acceptors (Lipinski definition) is 6. The van der Waals surface area contributed by atoms with Crippen LogP contribution >= 0.6 is 0 Å². The van der Waals surface area contributed by atoms with Gasteiger partial charge in [0.25, 0.3) is 5.91 Å². The Labute approximate surface area is 148 Å². The fourth-order valence-electron chi connectivity index (χ4n) is 2.41. The van der Waals surface area contributed by atoms with Crippen LogP contribution in [0.25, 0.3) is 0 Å². The molecule has 0 atom stereocenters. The third-order valence-electron chi connectivity index (χ3n) is 3.81. The van der Waals surface area contributed by atoms with Crippen molar-refractivity contribution in [2.75, 3.05) is 45.2 Å². The van der Waals surface area contributed by atoms with Gasteiger partial charge in [0.2, 0.25) is 0 Å². The molecule has 0 aliphatic carbocycles. The molecule has 1 aromatic heterocycles. The average Bonchev–Trinajstić information content (AvgIpc) is 2.59. The van der Waals surface area contributed by atoms with Crippen molar-refractivity contribution < 1.29 is 19.2 Å². The number of anilines is 1. The van der Waals surface area contributed by atoms with Crippen molar-refractivity contribution in [1.29, 1.82) is 0 Å². The number of rotatable bonds is 3. The highest BCUT2D eigenvalue weighted by molar-refractivity contribution is 5.93. The summed E-state index contributed by atoms with van der Waals surface area (Å²) in [5.41, 5.74) is -0.0338. The zero-order valence-electron chi connectivity index (χ0n) is 15.5. The summed E-state index contributed by atoms with van der Waals surface area (Å²) in [6, 6.07) is 3.53. The Morgan fingerprint density at radius 1 is 1.16 bits per heavy atom. The molecule has 2 heterocycles. The van der Waals surface area contributed by atoms with Crippen LogP contribution in [0, 0.1) is 0 Å². The zero-order chi connectivity index (χ0) is 18.6. The molecule has 1 aliphatic heterocycles. The standard InChI is InChI=1S/C17H26N4O4/c1-17(2,3)25-16(23)21-10-8-20(9-11-21)14-7-6-13(12-18-14)15(22)19(4)24-5/h6-7,12H,8-11H2,1-5H3. The lowest BCUT2D eigenvalue weighted by molar-refractivity contribution is -0.0757. The van der Waals surface area contributed by atoms with E-state index in [1.807, 2.05) is 20.8 Å². The second-order valence-corrected chi connectivity index (χ2v) is 6.84. The summed E-state index contributed by atoms with van der Waals surface area (Å²) in [5.74, 6) is 0.525. The molecule has 2 amide bonds. The molecule has 0 unspecified atom stereocenters. The number of amides is 2. The summed E-state index contributed by atoms with van der Waals surface area (Å²) in [7, 11) is 2.98. The van der Waals surface area contributed by atoms with Gasteiger partial charge in [0.1, 0.15) is 11.4 Å². The SMILES string of the molecule is CON(C)C(=O)c1ccc(N2CCN(C(=O)OC(C)(C)C)CC2)nc1. The maximum absolute atomic E-state index is 12.1. The maximum Gasteiger partial charge on any atom is 0.410 e. The van der Waals surface area contributed by atoms with Gasteiger partial charge in [-0.3, -0.25) is 9.63 Å².